The Hall–Kier alpha value is -1.80. The molecule has 0 aromatic heterocycles. The molecule has 3 N–H and O–H groups in total. The molecule has 0 bridgehead atoms. The van der Waals surface area contributed by atoms with Crippen molar-refractivity contribution in [2.45, 2.75) is 104 Å². The van der Waals surface area contributed by atoms with E-state index in [1.165, 1.54) is 6.07 Å². The van der Waals surface area contributed by atoms with Gasteiger partial charge in [-0.1, -0.05) is 52.8 Å². The first-order valence-electron chi connectivity index (χ1n) is 12.4. The molecule has 3 atom stereocenters. The highest BCUT2D eigenvalue weighted by molar-refractivity contribution is 6.74. The van der Waals surface area contributed by atoms with Crippen LogP contribution >= 0.6 is 0 Å². The van der Waals surface area contributed by atoms with E-state index in [0.717, 1.165) is 23.1 Å². The number of rotatable bonds is 9. The van der Waals surface area contributed by atoms with Crippen molar-refractivity contribution in [3.63, 3.8) is 0 Å². The molecule has 0 heterocycles. The number of allylic oxidation sites excluding steroid dienone is 2. The standard InChI is InChI=1S/C28H43FO5Si/c1-18-13-19(9-12-25(18)29)23-16-22(34-35(7,8)27(2,3)4)17-28(5,6)24(23)11-10-20(30)14-21(31)15-26(32)33/h9-13,20-22,30-31H,14-17H2,1-8H3,(H,32,33)/b11-10+. The Kier molecular flexibility index (Phi) is 9.31. The monoisotopic (exact) mass is 506 g/mol. The maximum atomic E-state index is 14.1. The van der Waals surface area contributed by atoms with Gasteiger partial charge >= 0.3 is 5.97 Å². The lowest BCUT2D eigenvalue weighted by atomic mass is 9.69. The van der Waals surface area contributed by atoms with E-state index in [4.69, 9.17) is 9.53 Å². The van der Waals surface area contributed by atoms with E-state index in [9.17, 15) is 19.4 Å². The Bertz CT molecular complexity index is 974. The normalized spacial score (nSPS) is 20.8. The van der Waals surface area contributed by atoms with Crippen LogP contribution in [0.1, 0.15) is 71.4 Å². The fourth-order valence-electron chi connectivity index (χ4n) is 4.46. The van der Waals surface area contributed by atoms with Crippen LogP contribution in [0.4, 0.5) is 4.39 Å². The summed E-state index contributed by atoms with van der Waals surface area (Å²) < 4.78 is 20.9. The molecule has 5 nitrogen and oxygen atoms in total. The van der Waals surface area contributed by atoms with Crippen molar-refractivity contribution in [1.29, 1.82) is 0 Å². The van der Waals surface area contributed by atoms with Gasteiger partial charge in [-0.2, -0.15) is 0 Å². The number of hydrogen-bond donors (Lipinski definition) is 3. The summed E-state index contributed by atoms with van der Waals surface area (Å²) in [4.78, 5) is 10.8. The number of aliphatic hydroxyl groups is 2. The van der Waals surface area contributed by atoms with Crippen molar-refractivity contribution < 1.29 is 28.9 Å². The number of carbonyl (C=O) groups is 1. The molecular formula is C28H43FO5Si. The Labute approximate surface area is 210 Å². The van der Waals surface area contributed by atoms with Gasteiger partial charge in [-0.3, -0.25) is 4.79 Å². The van der Waals surface area contributed by atoms with Gasteiger partial charge in [-0.25, -0.2) is 4.39 Å². The molecule has 0 spiro atoms. The second kappa shape index (κ2) is 11.1. The lowest BCUT2D eigenvalue weighted by molar-refractivity contribution is -0.139. The van der Waals surface area contributed by atoms with Gasteiger partial charge in [0.05, 0.1) is 18.6 Å². The summed E-state index contributed by atoms with van der Waals surface area (Å²) in [5.41, 5.74) is 3.31. The molecule has 0 amide bonds. The molecule has 196 valence electrons. The number of carboxylic acid groups (broad SMARTS) is 1. The maximum Gasteiger partial charge on any atom is 0.305 e. The number of hydrogen-bond acceptors (Lipinski definition) is 4. The van der Waals surface area contributed by atoms with Gasteiger partial charge in [0.15, 0.2) is 8.32 Å². The Morgan fingerprint density at radius 1 is 1.29 bits per heavy atom. The summed E-state index contributed by atoms with van der Waals surface area (Å²) in [6.07, 6.45) is 2.43. The summed E-state index contributed by atoms with van der Waals surface area (Å²) >= 11 is 0. The van der Waals surface area contributed by atoms with Crippen LogP contribution in [-0.4, -0.2) is 47.9 Å². The van der Waals surface area contributed by atoms with Gasteiger partial charge in [0.1, 0.15) is 5.82 Å². The number of aliphatic hydroxyl groups excluding tert-OH is 2. The van der Waals surface area contributed by atoms with Crippen LogP contribution in [0.2, 0.25) is 18.1 Å². The molecule has 0 radical (unpaired) electrons. The molecule has 1 aromatic carbocycles. The second-order valence-corrected chi connectivity index (χ2v) is 16.8. The summed E-state index contributed by atoms with van der Waals surface area (Å²) in [5.74, 6) is -1.36. The summed E-state index contributed by atoms with van der Waals surface area (Å²) in [6, 6.07) is 5.14. The van der Waals surface area contributed by atoms with Crippen LogP contribution in [-0.2, 0) is 9.22 Å². The van der Waals surface area contributed by atoms with Crippen LogP contribution in [0.15, 0.2) is 35.9 Å². The Morgan fingerprint density at radius 2 is 1.91 bits per heavy atom. The molecule has 1 aliphatic carbocycles. The molecule has 0 saturated heterocycles. The third kappa shape index (κ3) is 7.84. The summed E-state index contributed by atoms with van der Waals surface area (Å²) in [6.45, 7) is 17.2. The fourth-order valence-corrected chi connectivity index (χ4v) is 5.81. The van der Waals surface area contributed by atoms with E-state index in [0.29, 0.717) is 12.0 Å². The molecule has 1 aliphatic rings. The van der Waals surface area contributed by atoms with Crippen LogP contribution in [0, 0.1) is 18.2 Å². The van der Waals surface area contributed by atoms with Gasteiger partial charge in [0, 0.05) is 12.5 Å². The number of benzene rings is 1. The molecule has 0 fully saturated rings. The van der Waals surface area contributed by atoms with E-state index in [2.05, 4.69) is 47.7 Å². The largest absolute Gasteiger partial charge is 0.481 e. The van der Waals surface area contributed by atoms with Gasteiger partial charge in [-0.15, -0.1) is 0 Å². The van der Waals surface area contributed by atoms with Crippen LogP contribution in [0.3, 0.4) is 0 Å². The zero-order valence-corrected chi connectivity index (χ0v) is 23.5. The predicted octanol–water partition coefficient (Wildman–Crippen LogP) is 6.24. The number of carboxylic acids is 1. The second-order valence-electron chi connectivity index (χ2n) is 12.1. The smallest absolute Gasteiger partial charge is 0.305 e. The zero-order valence-electron chi connectivity index (χ0n) is 22.5. The van der Waals surface area contributed by atoms with Gasteiger partial charge in [0.2, 0.25) is 0 Å². The average Bonchev–Trinajstić information content (AvgIpc) is 2.66. The lowest BCUT2D eigenvalue weighted by Gasteiger charge is -2.45. The van der Waals surface area contributed by atoms with Gasteiger partial charge in [-0.05, 0) is 77.7 Å². The summed E-state index contributed by atoms with van der Waals surface area (Å²) in [7, 11) is -2.01. The molecule has 35 heavy (non-hydrogen) atoms. The van der Waals surface area contributed by atoms with Crippen molar-refractivity contribution in [3.05, 3.63) is 52.9 Å². The Balaban J connectivity index is 2.47. The highest BCUT2D eigenvalue weighted by atomic mass is 28.4. The van der Waals surface area contributed by atoms with E-state index in [1.54, 1.807) is 19.1 Å². The molecule has 0 aliphatic heterocycles. The molecule has 3 unspecified atom stereocenters. The highest BCUT2D eigenvalue weighted by Gasteiger charge is 2.42. The highest BCUT2D eigenvalue weighted by Crippen LogP contribution is 2.48. The fraction of sp³-hybridized carbons (Fsp3) is 0.607. The first-order chi connectivity index (χ1) is 15.9. The predicted molar refractivity (Wildman–Crippen MR) is 141 cm³/mol. The minimum atomic E-state index is -2.01. The minimum Gasteiger partial charge on any atom is -0.481 e. The average molecular weight is 507 g/mol. The molecule has 0 saturated carbocycles. The van der Waals surface area contributed by atoms with Crippen molar-refractivity contribution in [2.24, 2.45) is 5.41 Å². The number of aryl methyl sites for hydroxylation is 1. The first kappa shape index (κ1) is 29.4. The molecule has 2 rings (SSSR count). The van der Waals surface area contributed by atoms with Crippen molar-refractivity contribution in [2.75, 3.05) is 0 Å². The quantitative estimate of drug-likeness (QED) is 0.345. The van der Waals surface area contributed by atoms with Gasteiger partial charge < -0.3 is 19.7 Å². The topological polar surface area (TPSA) is 87.0 Å². The third-order valence-corrected chi connectivity index (χ3v) is 11.9. The van der Waals surface area contributed by atoms with Crippen LogP contribution in [0.25, 0.3) is 5.57 Å². The van der Waals surface area contributed by atoms with E-state index in [-0.39, 0.29) is 28.8 Å². The SMILES string of the molecule is Cc1cc(C2=C(/C=C/C(O)CC(O)CC(=O)O)C(C)(C)CC(O[Si](C)(C)C(C)(C)C)C2)ccc1F. The third-order valence-electron chi connectivity index (χ3n) is 7.41. The van der Waals surface area contributed by atoms with E-state index in [1.807, 2.05) is 12.1 Å². The van der Waals surface area contributed by atoms with Crippen molar-refractivity contribution >= 4 is 19.9 Å². The molecule has 1 aromatic rings. The lowest BCUT2D eigenvalue weighted by Crippen LogP contribution is -2.46. The van der Waals surface area contributed by atoms with Gasteiger partial charge in [0.25, 0.3) is 0 Å². The van der Waals surface area contributed by atoms with Crippen LogP contribution in [0.5, 0.6) is 0 Å². The summed E-state index contributed by atoms with van der Waals surface area (Å²) in [5, 5.41) is 29.3. The zero-order chi connectivity index (χ0) is 26.8. The number of halogens is 1. The number of aliphatic carboxylic acids is 1. The van der Waals surface area contributed by atoms with Crippen molar-refractivity contribution in [1.82, 2.24) is 0 Å². The van der Waals surface area contributed by atoms with E-state index >= 15 is 0 Å². The Morgan fingerprint density at radius 3 is 2.46 bits per heavy atom. The first-order valence-corrected chi connectivity index (χ1v) is 15.3. The van der Waals surface area contributed by atoms with Crippen LogP contribution < -0.4 is 0 Å². The maximum absolute atomic E-state index is 14.1. The minimum absolute atomic E-state index is 0.0192. The van der Waals surface area contributed by atoms with E-state index < -0.39 is 32.9 Å². The van der Waals surface area contributed by atoms with Crippen molar-refractivity contribution in [3.8, 4) is 0 Å². The molecule has 7 heteroatoms. The molecular weight excluding hydrogens is 463 g/mol.